The van der Waals surface area contributed by atoms with E-state index >= 15 is 0 Å². The molecule has 98 valence electrons. The maximum Gasteiger partial charge on any atom is 0.305 e. The van der Waals surface area contributed by atoms with Crippen LogP contribution >= 0.6 is 7.14 Å². The molecule has 1 saturated heterocycles. The number of ether oxygens (including phenoxy) is 1. The van der Waals surface area contributed by atoms with Crippen molar-refractivity contribution in [2.75, 3.05) is 19.9 Å². The Kier molecular flexibility index (Phi) is 3.63. The molecule has 1 fully saturated rings. The fourth-order valence-corrected chi connectivity index (χ4v) is 3.75. The third kappa shape index (κ3) is 2.84. The van der Waals surface area contributed by atoms with Crippen molar-refractivity contribution in [2.24, 2.45) is 0 Å². The van der Waals surface area contributed by atoms with Gasteiger partial charge in [0.2, 0.25) is 0 Å². The first-order chi connectivity index (χ1) is 8.38. The summed E-state index contributed by atoms with van der Waals surface area (Å²) in [6.07, 6.45) is 1.29. The molecule has 0 aromatic heterocycles. The zero-order valence-corrected chi connectivity index (χ0v) is 12.0. The molecule has 1 aliphatic rings. The molecule has 1 heterocycles. The van der Waals surface area contributed by atoms with Gasteiger partial charge in [-0.3, -0.25) is 4.79 Å². The van der Waals surface area contributed by atoms with Gasteiger partial charge in [-0.2, -0.15) is 0 Å². The van der Waals surface area contributed by atoms with E-state index in [1.54, 1.807) is 13.3 Å². The van der Waals surface area contributed by atoms with Gasteiger partial charge in [0, 0.05) is 17.6 Å². The third-order valence-electron chi connectivity index (χ3n) is 3.43. The Morgan fingerprint density at radius 2 is 2.06 bits per heavy atom. The monoisotopic (exact) mass is 266 g/mol. The highest BCUT2D eigenvalue weighted by atomic mass is 31.2. The summed E-state index contributed by atoms with van der Waals surface area (Å²) in [7, 11) is -2.25. The lowest BCUT2D eigenvalue weighted by molar-refractivity contribution is -0.147. The molecule has 0 saturated carbocycles. The van der Waals surface area contributed by atoms with Gasteiger partial charge in [-0.15, -0.1) is 0 Å². The van der Waals surface area contributed by atoms with Crippen LogP contribution in [0.25, 0.3) is 0 Å². The van der Waals surface area contributed by atoms with Crippen LogP contribution < -0.4 is 5.30 Å². The van der Waals surface area contributed by atoms with E-state index in [1.807, 2.05) is 19.1 Å². The highest BCUT2D eigenvalue weighted by molar-refractivity contribution is 7.70. The first kappa shape index (κ1) is 13.4. The molecule has 3 nitrogen and oxygen atoms in total. The summed E-state index contributed by atoms with van der Waals surface area (Å²) in [5, 5.41) is 0.942. The van der Waals surface area contributed by atoms with E-state index in [4.69, 9.17) is 4.74 Å². The van der Waals surface area contributed by atoms with E-state index in [1.165, 1.54) is 0 Å². The zero-order valence-electron chi connectivity index (χ0n) is 11.1. The molecule has 0 unspecified atom stereocenters. The van der Waals surface area contributed by atoms with Gasteiger partial charge in [-0.25, -0.2) is 0 Å². The van der Waals surface area contributed by atoms with Crippen LogP contribution in [0.3, 0.4) is 0 Å². The topological polar surface area (TPSA) is 43.4 Å². The number of hydrogen-bond donors (Lipinski definition) is 0. The van der Waals surface area contributed by atoms with Crippen LogP contribution in [0.5, 0.6) is 0 Å². The fourth-order valence-electron chi connectivity index (χ4n) is 2.36. The minimum atomic E-state index is -2.25. The summed E-state index contributed by atoms with van der Waals surface area (Å²) < 4.78 is 17.3. The van der Waals surface area contributed by atoms with E-state index < -0.39 is 7.14 Å². The first-order valence-corrected chi connectivity index (χ1v) is 8.80. The largest absolute Gasteiger partial charge is 0.465 e. The minimum absolute atomic E-state index is 0.116. The average molecular weight is 266 g/mol. The van der Waals surface area contributed by atoms with Gasteiger partial charge in [0.15, 0.2) is 0 Å². The number of rotatable bonds is 2. The molecule has 0 amide bonds. The van der Waals surface area contributed by atoms with Crippen molar-refractivity contribution in [2.45, 2.75) is 25.7 Å². The molecule has 0 radical (unpaired) electrons. The molecule has 1 aliphatic heterocycles. The molecule has 0 N–H and O–H groups in total. The Morgan fingerprint density at radius 3 is 2.61 bits per heavy atom. The van der Waals surface area contributed by atoms with Gasteiger partial charge in [0.05, 0.1) is 6.61 Å². The molecule has 0 spiro atoms. The van der Waals surface area contributed by atoms with Gasteiger partial charge in [0.25, 0.3) is 0 Å². The zero-order chi connectivity index (χ0) is 13.3. The van der Waals surface area contributed by atoms with Gasteiger partial charge in [0.1, 0.15) is 7.14 Å². The van der Waals surface area contributed by atoms with Crippen molar-refractivity contribution in [3.63, 3.8) is 0 Å². The van der Waals surface area contributed by atoms with Crippen molar-refractivity contribution in [3.8, 4) is 0 Å². The van der Waals surface area contributed by atoms with Crippen molar-refractivity contribution in [1.82, 2.24) is 0 Å². The molecule has 4 heteroatoms. The summed E-state index contributed by atoms with van der Waals surface area (Å²) in [4.78, 5) is 11.1. The maximum absolute atomic E-state index is 12.2. The standard InChI is InChI=1S/C14H19O3P/c1-10-4-5-11(8-13(10)18(2,3)16)12-6-7-14(15)17-9-12/h4-5,8,12H,6-7,9H2,1-3H3/t12-/m1/s1. The van der Waals surface area contributed by atoms with Crippen molar-refractivity contribution in [1.29, 1.82) is 0 Å². The number of aryl methyl sites for hydroxylation is 1. The lowest BCUT2D eigenvalue weighted by Gasteiger charge is -2.23. The molecular formula is C14H19O3P. The summed E-state index contributed by atoms with van der Waals surface area (Å²) >= 11 is 0. The Balaban J connectivity index is 2.30. The first-order valence-electron chi connectivity index (χ1n) is 6.19. The van der Waals surface area contributed by atoms with Gasteiger partial charge < -0.3 is 9.30 Å². The Hall–Kier alpha value is -1.08. The highest BCUT2D eigenvalue weighted by Gasteiger charge is 2.23. The second-order valence-electron chi connectivity index (χ2n) is 5.32. The molecule has 0 bridgehead atoms. The predicted octanol–water partition coefficient (Wildman–Crippen LogP) is 2.66. The summed E-state index contributed by atoms with van der Waals surface area (Å²) in [5.41, 5.74) is 2.20. The Labute approximate surface area is 108 Å². The maximum atomic E-state index is 12.2. The van der Waals surface area contributed by atoms with Crippen LogP contribution in [-0.2, 0) is 14.1 Å². The number of carbonyl (C=O) groups is 1. The van der Waals surface area contributed by atoms with Gasteiger partial charge in [-0.05, 0) is 43.9 Å². The number of hydrogen-bond acceptors (Lipinski definition) is 3. The number of cyclic esters (lactones) is 1. The van der Waals surface area contributed by atoms with Gasteiger partial charge in [-0.1, -0.05) is 12.1 Å². The van der Waals surface area contributed by atoms with E-state index in [0.29, 0.717) is 13.0 Å². The van der Waals surface area contributed by atoms with Crippen molar-refractivity contribution in [3.05, 3.63) is 29.3 Å². The van der Waals surface area contributed by atoms with Crippen LogP contribution in [-0.4, -0.2) is 25.9 Å². The van der Waals surface area contributed by atoms with E-state index in [0.717, 1.165) is 22.9 Å². The highest BCUT2D eigenvalue weighted by Crippen LogP contribution is 2.37. The molecule has 18 heavy (non-hydrogen) atoms. The molecular weight excluding hydrogens is 247 g/mol. The molecule has 2 rings (SSSR count). The van der Waals surface area contributed by atoms with Crippen molar-refractivity contribution >= 4 is 18.4 Å². The van der Waals surface area contributed by atoms with E-state index in [-0.39, 0.29) is 11.9 Å². The summed E-state index contributed by atoms with van der Waals surface area (Å²) in [5.74, 6) is 0.129. The van der Waals surface area contributed by atoms with Crippen LogP contribution in [0.1, 0.15) is 29.9 Å². The third-order valence-corrected chi connectivity index (χ3v) is 5.07. The summed E-state index contributed by atoms with van der Waals surface area (Å²) in [6.45, 7) is 6.01. The van der Waals surface area contributed by atoms with Crippen molar-refractivity contribution < 1.29 is 14.1 Å². The molecule has 1 aromatic rings. The van der Waals surface area contributed by atoms with E-state index in [2.05, 4.69) is 6.07 Å². The van der Waals surface area contributed by atoms with Crippen LogP contribution in [0, 0.1) is 6.92 Å². The second-order valence-corrected chi connectivity index (χ2v) is 8.50. The average Bonchev–Trinajstić information content (AvgIpc) is 2.29. The predicted molar refractivity (Wildman–Crippen MR) is 73.2 cm³/mol. The smallest absolute Gasteiger partial charge is 0.305 e. The lowest BCUT2D eigenvalue weighted by atomic mass is 9.93. The molecule has 1 aromatic carbocycles. The number of esters is 1. The lowest BCUT2D eigenvalue weighted by Crippen LogP contribution is -2.21. The minimum Gasteiger partial charge on any atom is -0.465 e. The number of carbonyl (C=O) groups excluding carboxylic acids is 1. The second kappa shape index (κ2) is 4.89. The molecule has 0 aliphatic carbocycles. The summed E-state index contributed by atoms with van der Waals surface area (Å²) in [6, 6.07) is 6.10. The number of benzene rings is 1. The normalized spacial score (nSPS) is 20.6. The van der Waals surface area contributed by atoms with Crippen LogP contribution in [0.15, 0.2) is 18.2 Å². The van der Waals surface area contributed by atoms with Crippen LogP contribution in [0.4, 0.5) is 0 Å². The quantitative estimate of drug-likeness (QED) is 0.610. The molecule has 1 atom stereocenters. The Bertz CT molecular complexity index is 506. The van der Waals surface area contributed by atoms with Crippen LogP contribution in [0.2, 0.25) is 0 Å². The SMILES string of the molecule is Cc1ccc([C@@H]2CCC(=O)OC2)cc1P(C)(C)=O. The van der Waals surface area contributed by atoms with E-state index in [9.17, 15) is 9.36 Å². The fraction of sp³-hybridized carbons (Fsp3) is 0.500. The Morgan fingerprint density at radius 1 is 1.33 bits per heavy atom. The van der Waals surface area contributed by atoms with Gasteiger partial charge >= 0.3 is 5.97 Å².